The maximum absolute atomic E-state index is 13.9. The van der Waals surface area contributed by atoms with Gasteiger partial charge in [0.25, 0.3) is 0 Å². The van der Waals surface area contributed by atoms with Gasteiger partial charge in [-0.05, 0) is 79.9 Å². The minimum atomic E-state index is -3.10. The number of piperidine rings is 3. The van der Waals surface area contributed by atoms with Crippen molar-refractivity contribution in [1.29, 1.82) is 0 Å². The minimum Gasteiger partial charge on any atom is -0.554 e. The molecule has 1 aliphatic carbocycles. The van der Waals surface area contributed by atoms with E-state index in [9.17, 15) is 28.7 Å². The molecule has 2 bridgehead atoms. The van der Waals surface area contributed by atoms with Crippen molar-refractivity contribution in [2.24, 2.45) is 11.8 Å². The van der Waals surface area contributed by atoms with Crippen LogP contribution >= 0.6 is 23.2 Å². The number of rotatable bonds is 16. The fourth-order valence-electron chi connectivity index (χ4n) is 7.22. The van der Waals surface area contributed by atoms with Crippen LogP contribution in [0.15, 0.2) is 79.1 Å². The van der Waals surface area contributed by atoms with Gasteiger partial charge in [0.1, 0.15) is 39.6 Å². The average Bonchev–Trinajstić information content (AvgIpc) is 4.05. The monoisotopic (exact) mass is 857 g/mol. The number of alkyl halides is 2. The third-order valence-electron chi connectivity index (χ3n) is 10.5. The predicted molar refractivity (Wildman–Crippen MR) is 206 cm³/mol. The molecule has 59 heavy (non-hydrogen) atoms. The smallest absolute Gasteiger partial charge is 0.387 e. The lowest BCUT2D eigenvalue weighted by Gasteiger charge is -2.44. The minimum absolute atomic E-state index is 0.00501. The molecule has 1 saturated carbocycles. The van der Waals surface area contributed by atoms with E-state index in [0.717, 1.165) is 38.8 Å². The Hall–Kier alpha value is -5.22. The van der Waals surface area contributed by atoms with Gasteiger partial charge in [-0.3, -0.25) is 15.4 Å². The number of aromatic nitrogens is 1. The van der Waals surface area contributed by atoms with E-state index in [1.54, 1.807) is 12.1 Å². The van der Waals surface area contributed by atoms with Gasteiger partial charge in [-0.25, -0.2) is 9.59 Å². The standard InChI is InChI=1S/C41H41Cl2F2N3O8.CH2O2/c42-31-20-48(52)21-32(43)30(31)18-34(27-11-12-33(56-41(44)45)35(17-27)53-23-24-9-10-24)54-39(50)29-8-4-7-28(38(29)49)19-46-37(26-5-2-1-3-6-26)40(51)55-36-22-47-15-13-25(36)14-16-47;2-1-3/h1-8,11-12,17,20-21,24-25,34,36-37,41,46H,9-10,13-16,18-19,22-23H2,(H-,49,50,52);1H,(H,2,3)/t34-,36-,37?;/m0./s1. The number of ether oxygens (including phenoxy) is 4. The molecule has 13 nitrogen and oxygen atoms in total. The Bertz CT molecular complexity index is 2060. The average molecular weight is 859 g/mol. The van der Waals surface area contributed by atoms with Crippen LogP contribution in [-0.2, 0) is 32.0 Å². The molecule has 0 radical (unpaired) electrons. The number of phenols is 1. The zero-order valence-electron chi connectivity index (χ0n) is 31.7. The molecule has 8 rings (SSSR count). The number of hydrogen-bond acceptors (Lipinski definition) is 12. The molecule has 4 aliphatic rings. The van der Waals surface area contributed by atoms with Gasteiger partial charge in [0.2, 0.25) is 12.4 Å². The van der Waals surface area contributed by atoms with Crippen LogP contribution in [0.4, 0.5) is 8.78 Å². The molecular formula is C42H43Cl2F2N3O10. The fraction of sp³-hybridized carbons (Fsp3) is 0.381. The summed E-state index contributed by atoms with van der Waals surface area (Å²) in [6.45, 7) is -0.599. The number of benzene rings is 3. The summed E-state index contributed by atoms with van der Waals surface area (Å²) in [5.74, 6) is -1.25. The molecule has 3 atom stereocenters. The van der Waals surface area contributed by atoms with E-state index in [1.165, 1.54) is 36.7 Å². The lowest BCUT2D eigenvalue weighted by molar-refractivity contribution is -0.904. The number of carbonyl (C=O) groups is 3. The number of carboxylic acid groups (broad SMARTS) is 1. The van der Waals surface area contributed by atoms with Crippen molar-refractivity contribution in [1.82, 2.24) is 10.2 Å². The molecular weight excluding hydrogens is 815 g/mol. The van der Waals surface area contributed by atoms with Crippen molar-refractivity contribution >= 4 is 41.6 Å². The number of aromatic hydroxyl groups is 1. The fourth-order valence-corrected chi connectivity index (χ4v) is 7.82. The van der Waals surface area contributed by atoms with Crippen molar-refractivity contribution in [3.05, 3.63) is 117 Å². The van der Waals surface area contributed by atoms with E-state index in [0.29, 0.717) is 45.4 Å². The predicted octanol–water partition coefficient (Wildman–Crippen LogP) is 5.59. The summed E-state index contributed by atoms with van der Waals surface area (Å²) < 4.78 is 50.0. The summed E-state index contributed by atoms with van der Waals surface area (Å²) in [4.78, 5) is 38.2. The molecule has 4 aromatic rings. The van der Waals surface area contributed by atoms with Crippen LogP contribution in [0, 0.1) is 11.8 Å². The second-order valence-electron chi connectivity index (χ2n) is 14.5. The first kappa shape index (κ1) is 43.4. The van der Waals surface area contributed by atoms with Crippen molar-refractivity contribution in [3.8, 4) is 17.2 Å². The lowest BCUT2D eigenvalue weighted by Crippen LogP contribution is -2.52. The molecule has 314 valence electrons. The topological polar surface area (TPSA) is 171 Å². The maximum Gasteiger partial charge on any atom is 0.387 e. The summed E-state index contributed by atoms with van der Waals surface area (Å²) in [6, 6.07) is 17.1. The number of esters is 2. The Kier molecular flexibility index (Phi) is 14.8. The van der Waals surface area contributed by atoms with Gasteiger partial charge in [-0.15, -0.1) is 0 Å². The summed E-state index contributed by atoms with van der Waals surface area (Å²) in [6.07, 6.45) is 4.86. The zero-order valence-corrected chi connectivity index (χ0v) is 33.2. The number of halogens is 4. The lowest BCUT2D eigenvalue weighted by atomic mass is 9.86. The van der Waals surface area contributed by atoms with E-state index in [-0.39, 0.29) is 58.5 Å². The Balaban J connectivity index is 0.00000189. The highest BCUT2D eigenvalue weighted by molar-refractivity contribution is 6.35. The highest BCUT2D eigenvalue weighted by Crippen LogP contribution is 2.39. The quantitative estimate of drug-likeness (QED) is 0.0554. The third kappa shape index (κ3) is 11.5. The third-order valence-corrected chi connectivity index (χ3v) is 11.2. The van der Waals surface area contributed by atoms with E-state index in [4.69, 9.17) is 52.1 Å². The number of fused-ring (bicyclic) bond motifs is 3. The Morgan fingerprint density at radius 1 is 0.966 bits per heavy atom. The number of nitrogens with one attached hydrogen (secondary N) is 1. The summed E-state index contributed by atoms with van der Waals surface area (Å²) in [5.41, 5.74) is 1.50. The van der Waals surface area contributed by atoms with Gasteiger partial charge in [-0.1, -0.05) is 71.7 Å². The Morgan fingerprint density at radius 3 is 2.29 bits per heavy atom. The van der Waals surface area contributed by atoms with Crippen LogP contribution in [0.25, 0.3) is 0 Å². The van der Waals surface area contributed by atoms with E-state index in [1.807, 2.05) is 30.3 Å². The Labute approximate surface area is 348 Å². The van der Waals surface area contributed by atoms with Gasteiger partial charge in [0.05, 0.1) is 6.61 Å². The molecule has 4 heterocycles. The molecule has 3 saturated heterocycles. The van der Waals surface area contributed by atoms with Crippen molar-refractivity contribution < 1.29 is 62.3 Å². The van der Waals surface area contributed by atoms with Gasteiger partial charge >= 0.3 is 18.6 Å². The van der Waals surface area contributed by atoms with Gasteiger partial charge in [0, 0.05) is 41.8 Å². The highest BCUT2D eigenvalue weighted by Gasteiger charge is 2.38. The van der Waals surface area contributed by atoms with Crippen molar-refractivity contribution in [2.45, 2.75) is 63.5 Å². The van der Waals surface area contributed by atoms with Crippen LogP contribution in [0.5, 0.6) is 17.2 Å². The van der Waals surface area contributed by atoms with E-state index < -0.39 is 37.2 Å². The molecule has 3 aromatic carbocycles. The second-order valence-corrected chi connectivity index (χ2v) is 15.3. The van der Waals surface area contributed by atoms with Gasteiger partial charge in [0.15, 0.2) is 11.5 Å². The Morgan fingerprint density at radius 2 is 1.66 bits per heavy atom. The summed E-state index contributed by atoms with van der Waals surface area (Å²) in [5, 5.41) is 33.0. The van der Waals surface area contributed by atoms with Gasteiger partial charge < -0.3 is 34.0 Å². The number of hydrogen-bond donors (Lipinski definition) is 3. The number of para-hydroxylation sites is 1. The maximum atomic E-state index is 13.9. The van der Waals surface area contributed by atoms with Crippen LogP contribution in [0.1, 0.15) is 70.4 Å². The number of carbonyl (C=O) groups excluding carboxylic acids is 3. The molecule has 0 spiro atoms. The van der Waals surface area contributed by atoms with Crippen LogP contribution in [0.3, 0.4) is 0 Å². The van der Waals surface area contributed by atoms with Crippen molar-refractivity contribution in [2.75, 3.05) is 26.2 Å². The number of phenolic OH excluding ortho intramolecular Hbond substituents is 1. The summed E-state index contributed by atoms with van der Waals surface area (Å²) in [7, 11) is 0. The normalized spacial score (nSPS) is 19.2. The molecule has 17 heteroatoms. The van der Waals surface area contributed by atoms with Gasteiger partial charge in [-0.2, -0.15) is 8.78 Å². The van der Waals surface area contributed by atoms with E-state index >= 15 is 0 Å². The van der Waals surface area contributed by atoms with Crippen molar-refractivity contribution in [3.63, 3.8) is 0 Å². The number of pyridine rings is 1. The molecule has 1 unspecified atom stereocenters. The molecule has 0 amide bonds. The molecule has 1 aromatic heterocycles. The van der Waals surface area contributed by atoms with E-state index in [2.05, 4.69) is 10.2 Å². The molecule has 4 fully saturated rings. The zero-order chi connectivity index (χ0) is 42.1. The van der Waals surface area contributed by atoms with Crippen LogP contribution in [0.2, 0.25) is 10.0 Å². The van der Waals surface area contributed by atoms with Crippen LogP contribution < -0.4 is 24.6 Å². The summed E-state index contributed by atoms with van der Waals surface area (Å²) >= 11 is 12.9. The first-order valence-corrected chi connectivity index (χ1v) is 19.8. The second kappa shape index (κ2) is 20.2. The first-order chi connectivity index (χ1) is 28.4. The first-order valence-electron chi connectivity index (χ1n) is 19.0. The molecule has 3 aliphatic heterocycles. The SMILES string of the molecule is O=C(O[C@@H](Cc1c(Cl)c[n+](O)cc1Cl)c1ccc(OC(F)F)c(OCC2CC2)c1)c1cccc(CNC(C(=O)O[C@H]2CN3CCC2CC3)c2ccccc2)c1O.O=C[O-]. The number of nitrogens with zero attached hydrogens (tertiary/aromatic N) is 2. The highest BCUT2D eigenvalue weighted by atomic mass is 35.5. The largest absolute Gasteiger partial charge is 0.554 e. The van der Waals surface area contributed by atoms with Crippen LogP contribution in [-0.4, -0.2) is 72.6 Å². The molecule has 3 N–H and O–H groups in total.